The molecule has 1 aliphatic heterocycles. The number of rotatable bonds is 7. The minimum Gasteiger partial charge on any atom is -0.376 e. The summed E-state index contributed by atoms with van der Waals surface area (Å²) in [5.74, 6) is 0.0159. The van der Waals surface area contributed by atoms with E-state index in [0.29, 0.717) is 25.1 Å². The second kappa shape index (κ2) is 8.66. The van der Waals surface area contributed by atoms with E-state index in [-0.39, 0.29) is 12.0 Å². The van der Waals surface area contributed by atoms with Crippen molar-refractivity contribution in [2.45, 2.75) is 25.4 Å². The molecule has 0 aromatic heterocycles. The van der Waals surface area contributed by atoms with Crippen LogP contribution in [-0.2, 0) is 11.2 Å². The van der Waals surface area contributed by atoms with Crippen LogP contribution in [0.2, 0.25) is 0 Å². The number of carbonyl (C=O) groups is 1. The number of carbonyl (C=O) groups excluding carboxylic acids is 1. The smallest absolute Gasteiger partial charge is 0.253 e. The first-order valence-corrected chi connectivity index (χ1v) is 8.11. The highest BCUT2D eigenvalue weighted by Crippen LogP contribution is 2.16. The molecule has 0 aliphatic carbocycles. The molecular formula is C18H25N3O2. The van der Waals surface area contributed by atoms with Crippen LogP contribution < -0.4 is 0 Å². The Labute approximate surface area is 138 Å². The number of benzene rings is 1. The van der Waals surface area contributed by atoms with Crippen molar-refractivity contribution in [2.24, 2.45) is 0 Å². The minimum atomic E-state index is 0.0159. The quantitative estimate of drug-likeness (QED) is 0.771. The fourth-order valence-corrected chi connectivity index (χ4v) is 2.72. The second-order valence-electron chi connectivity index (χ2n) is 6.22. The predicted octanol–water partition coefficient (Wildman–Crippen LogP) is 1.94. The van der Waals surface area contributed by atoms with Gasteiger partial charge in [0, 0.05) is 31.8 Å². The van der Waals surface area contributed by atoms with Crippen molar-refractivity contribution in [2.75, 3.05) is 40.3 Å². The molecule has 0 saturated carbocycles. The zero-order valence-corrected chi connectivity index (χ0v) is 14.0. The van der Waals surface area contributed by atoms with E-state index in [1.54, 1.807) is 0 Å². The van der Waals surface area contributed by atoms with Gasteiger partial charge in [-0.15, -0.1) is 0 Å². The van der Waals surface area contributed by atoms with Crippen LogP contribution >= 0.6 is 0 Å². The summed E-state index contributed by atoms with van der Waals surface area (Å²) in [7, 11) is 4.00. The minimum absolute atomic E-state index is 0.0159. The van der Waals surface area contributed by atoms with Crippen molar-refractivity contribution in [1.82, 2.24) is 9.80 Å². The van der Waals surface area contributed by atoms with E-state index in [9.17, 15) is 4.79 Å². The van der Waals surface area contributed by atoms with Crippen molar-refractivity contribution in [3.05, 3.63) is 35.4 Å². The Morgan fingerprint density at radius 1 is 1.39 bits per heavy atom. The third kappa shape index (κ3) is 5.34. The molecule has 0 bridgehead atoms. The molecule has 1 aromatic carbocycles. The first-order valence-electron chi connectivity index (χ1n) is 8.11. The normalized spacial score (nSPS) is 17.2. The highest BCUT2D eigenvalue weighted by atomic mass is 16.5. The van der Waals surface area contributed by atoms with Gasteiger partial charge in [-0.2, -0.15) is 5.26 Å². The summed E-state index contributed by atoms with van der Waals surface area (Å²) in [6.45, 7) is 2.91. The first kappa shape index (κ1) is 17.5. The van der Waals surface area contributed by atoms with Gasteiger partial charge in [0.1, 0.15) is 0 Å². The molecular weight excluding hydrogens is 290 g/mol. The fourth-order valence-electron chi connectivity index (χ4n) is 2.72. The number of likely N-dealkylation sites (N-methyl/N-ethyl adjacent to an activating group) is 1. The van der Waals surface area contributed by atoms with Gasteiger partial charge in [-0.25, -0.2) is 0 Å². The largest absolute Gasteiger partial charge is 0.376 e. The van der Waals surface area contributed by atoms with E-state index in [4.69, 9.17) is 10.00 Å². The molecule has 0 unspecified atom stereocenters. The number of nitriles is 1. The van der Waals surface area contributed by atoms with Gasteiger partial charge < -0.3 is 14.5 Å². The topological polar surface area (TPSA) is 56.6 Å². The van der Waals surface area contributed by atoms with Crippen molar-refractivity contribution >= 4 is 5.91 Å². The molecule has 1 fully saturated rings. The maximum Gasteiger partial charge on any atom is 0.253 e. The Morgan fingerprint density at radius 3 is 2.87 bits per heavy atom. The second-order valence-corrected chi connectivity index (χ2v) is 6.22. The number of hydrogen-bond acceptors (Lipinski definition) is 4. The van der Waals surface area contributed by atoms with Crippen molar-refractivity contribution in [3.63, 3.8) is 0 Å². The van der Waals surface area contributed by atoms with E-state index >= 15 is 0 Å². The Bertz CT molecular complexity index is 560. The van der Waals surface area contributed by atoms with Crippen molar-refractivity contribution < 1.29 is 9.53 Å². The van der Waals surface area contributed by atoms with Crippen LogP contribution in [0.5, 0.6) is 0 Å². The highest BCUT2D eigenvalue weighted by molar-refractivity contribution is 5.94. The molecule has 124 valence electrons. The molecule has 1 saturated heterocycles. The van der Waals surface area contributed by atoms with Crippen LogP contribution in [0, 0.1) is 11.3 Å². The summed E-state index contributed by atoms with van der Waals surface area (Å²) >= 11 is 0. The van der Waals surface area contributed by atoms with E-state index in [0.717, 1.165) is 31.6 Å². The van der Waals surface area contributed by atoms with E-state index < -0.39 is 0 Å². The molecule has 23 heavy (non-hydrogen) atoms. The molecule has 0 N–H and O–H groups in total. The first-order chi connectivity index (χ1) is 11.1. The zero-order chi connectivity index (χ0) is 16.7. The molecule has 1 aliphatic rings. The Morgan fingerprint density at radius 2 is 2.22 bits per heavy atom. The van der Waals surface area contributed by atoms with Gasteiger partial charge >= 0.3 is 0 Å². The summed E-state index contributed by atoms with van der Waals surface area (Å²) in [6.07, 6.45) is 2.55. The number of ether oxygens (including phenoxy) is 1. The van der Waals surface area contributed by atoms with Crippen LogP contribution in [0.4, 0.5) is 0 Å². The highest BCUT2D eigenvalue weighted by Gasteiger charge is 2.23. The molecule has 0 radical (unpaired) electrons. The van der Waals surface area contributed by atoms with Gasteiger partial charge in [-0.05, 0) is 44.6 Å². The molecule has 1 aromatic rings. The zero-order valence-electron chi connectivity index (χ0n) is 14.0. The number of amides is 1. The van der Waals surface area contributed by atoms with Gasteiger partial charge in [-0.3, -0.25) is 4.79 Å². The SMILES string of the molecule is CN(C)CCN(C[C@H]1CCCO1)C(=O)c1cccc(CC#N)c1. The van der Waals surface area contributed by atoms with Crippen LogP contribution in [0.25, 0.3) is 0 Å². The van der Waals surface area contributed by atoms with Gasteiger partial charge in [0.25, 0.3) is 5.91 Å². The van der Waals surface area contributed by atoms with Gasteiger partial charge in [-0.1, -0.05) is 12.1 Å². The monoisotopic (exact) mass is 315 g/mol. The van der Waals surface area contributed by atoms with E-state index in [1.807, 2.05) is 43.3 Å². The van der Waals surface area contributed by atoms with Crippen LogP contribution in [0.15, 0.2) is 24.3 Å². The summed E-state index contributed by atoms with van der Waals surface area (Å²) < 4.78 is 5.69. The fraction of sp³-hybridized carbons (Fsp3) is 0.556. The predicted molar refractivity (Wildman–Crippen MR) is 89.2 cm³/mol. The summed E-state index contributed by atoms with van der Waals surface area (Å²) in [4.78, 5) is 16.8. The van der Waals surface area contributed by atoms with Crippen molar-refractivity contribution in [3.8, 4) is 6.07 Å². The molecule has 1 amide bonds. The molecule has 1 heterocycles. The van der Waals surface area contributed by atoms with Gasteiger partial charge in [0.2, 0.25) is 0 Å². The van der Waals surface area contributed by atoms with E-state index in [2.05, 4.69) is 11.0 Å². The lowest BCUT2D eigenvalue weighted by Gasteiger charge is -2.27. The van der Waals surface area contributed by atoms with Crippen LogP contribution in [0.1, 0.15) is 28.8 Å². The lowest BCUT2D eigenvalue weighted by atomic mass is 10.1. The maximum absolute atomic E-state index is 12.9. The summed E-state index contributed by atoms with van der Waals surface area (Å²) in [6, 6.07) is 9.49. The van der Waals surface area contributed by atoms with Crippen LogP contribution in [-0.4, -0.2) is 62.1 Å². The Hall–Kier alpha value is -1.90. The maximum atomic E-state index is 12.9. The van der Waals surface area contributed by atoms with Crippen LogP contribution in [0.3, 0.4) is 0 Å². The molecule has 5 nitrogen and oxygen atoms in total. The lowest BCUT2D eigenvalue weighted by molar-refractivity contribution is 0.0512. The molecule has 2 rings (SSSR count). The van der Waals surface area contributed by atoms with Crippen molar-refractivity contribution in [1.29, 1.82) is 5.26 Å². The average Bonchev–Trinajstić information content (AvgIpc) is 3.04. The average molecular weight is 315 g/mol. The summed E-state index contributed by atoms with van der Waals surface area (Å²) in [5, 5.41) is 8.83. The third-order valence-corrected chi connectivity index (χ3v) is 4.01. The number of nitrogens with zero attached hydrogens (tertiary/aromatic N) is 3. The lowest BCUT2D eigenvalue weighted by Crippen LogP contribution is -2.41. The summed E-state index contributed by atoms with van der Waals surface area (Å²) in [5.41, 5.74) is 1.53. The number of hydrogen-bond donors (Lipinski definition) is 0. The molecule has 5 heteroatoms. The van der Waals surface area contributed by atoms with Gasteiger partial charge in [0.05, 0.1) is 18.6 Å². The third-order valence-electron chi connectivity index (χ3n) is 4.01. The molecule has 1 atom stereocenters. The Balaban J connectivity index is 2.10. The molecule has 0 spiro atoms. The standard InChI is InChI=1S/C18H25N3O2/c1-20(2)10-11-21(14-17-7-4-12-23-17)18(22)16-6-3-5-15(13-16)8-9-19/h3,5-6,13,17H,4,7-8,10-12,14H2,1-2H3/t17-/m1/s1. The Kier molecular flexibility index (Phi) is 6.57. The van der Waals surface area contributed by atoms with E-state index in [1.165, 1.54) is 0 Å². The van der Waals surface area contributed by atoms with Gasteiger partial charge in [0.15, 0.2) is 0 Å².